The number of hydrogen-bond acceptors (Lipinski definition) is 2. The maximum absolute atomic E-state index is 6.07. The molecule has 0 bridgehead atoms. The summed E-state index contributed by atoms with van der Waals surface area (Å²) in [6, 6.07) is 10.7. The van der Waals surface area contributed by atoms with Crippen molar-refractivity contribution in [2.24, 2.45) is 0 Å². The fourth-order valence-electron chi connectivity index (χ4n) is 2.08. The van der Waals surface area contributed by atoms with Gasteiger partial charge in [0.2, 0.25) is 0 Å². The molecule has 1 heterocycles. The molecule has 0 aliphatic rings. The molecule has 2 N–H and O–H groups in total. The molecule has 3 nitrogen and oxygen atoms in total. The Morgan fingerprint density at radius 3 is 2.53 bits per heavy atom. The Morgan fingerprint density at radius 2 is 2.00 bits per heavy atom. The number of benzene rings is 1. The van der Waals surface area contributed by atoms with Crippen LogP contribution in [0.1, 0.15) is 36.9 Å². The summed E-state index contributed by atoms with van der Waals surface area (Å²) in [5.41, 5.74) is 8.38. The van der Waals surface area contributed by atoms with Gasteiger partial charge in [-0.25, -0.2) is 4.68 Å². The van der Waals surface area contributed by atoms with Gasteiger partial charge in [0.1, 0.15) is 5.82 Å². The summed E-state index contributed by atoms with van der Waals surface area (Å²) < 4.78 is 1.94. The molecule has 0 spiro atoms. The van der Waals surface area contributed by atoms with Crippen LogP contribution < -0.4 is 5.73 Å². The van der Waals surface area contributed by atoms with Gasteiger partial charge in [-0.15, -0.1) is 0 Å². The summed E-state index contributed by atoms with van der Waals surface area (Å²) in [5, 5.41) is 4.40. The van der Waals surface area contributed by atoms with Gasteiger partial charge in [0.25, 0.3) is 0 Å². The molecule has 90 valence electrons. The van der Waals surface area contributed by atoms with Crippen LogP contribution in [-0.4, -0.2) is 9.78 Å². The molecule has 0 aliphatic heterocycles. The Kier molecular flexibility index (Phi) is 3.47. The van der Waals surface area contributed by atoms with Crippen molar-refractivity contribution in [1.82, 2.24) is 9.78 Å². The van der Waals surface area contributed by atoms with Gasteiger partial charge in [-0.05, 0) is 18.9 Å². The number of hydrogen-bond donors (Lipinski definition) is 1. The molecular weight excluding hydrogens is 210 g/mol. The van der Waals surface area contributed by atoms with Crippen LogP contribution in [0.5, 0.6) is 0 Å². The fraction of sp³-hybridized carbons (Fsp3) is 0.357. The van der Waals surface area contributed by atoms with Crippen LogP contribution in [0.2, 0.25) is 0 Å². The Balaban J connectivity index is 2.39. The number of rotatable bonds is 4. The van der Waals surface area contributed by atoms with E-state index in [0.29, 0.717) is 0 Å². The van der Waals surface area contributed by atoms with Crippen molar-refractivity contribution in [2.75, 3.05) is 5.73 Å². The highest BCUT2D eigenvalue weighted by atomic mass is 15.3. The minimum Gasteiger partial charge on any atom is -0.384 e. The molecule has 0 amide bonds. The Bertz CT molecular complexity index is 473. The van der Waals surface area contributed by atoms with Crippen LogP contribution in [0.4, 0.5) is 5.82 Å². The van der Waals surface area contributed by atoms with Crippen molar-refractivity contribution in [2.45, 2.75) is 32.7 Å². The predicted molar refractivity (Wildman–Crippen MR) is 70.9 cm³/mol. The third kappa shape index (κ3) is 2.33. The molecule has 1 atom stereocenters. The van der Waals surface area contributed by atoms with Gasteiger partial charge >= 0.3 is 0 Å². The van der Waals surface area contributed by atoms with Gasteiger partial charge in [-0.2, -0.15) is 5.10 Å². The number of aromatic nitrogens is 2. The summed E-state index contributed by atoms with van der Waals surface area (Å²) in [6.07, 6.45) is 3.99. The summed E-state index contributed by atoms with van der Waals surface area (Å²) in [5.74, 6) is 0.771. The Labute approximate surface area is 102 Å². The maximum atomic E-state index is 6.07. The van der Waals surface area contributed by atoms with E-state index >= 15 is 0 Å². The zero-order chi connectivity index (χ0) is 12.3. The normalized spacial score (nSPS) is 12.6. The topological polar surface area (TPSA) is 43.8 Å². The van der Waals surface area contributed by atoms with E-state index in [-0.39, 0.29) is 6.04 Å². The highest BCUT2D eigenvalue weighted by Gasteiger charge is 2.16. The van der Waals surface area contributed by atoms with Crippen molar-refractivity contribution in [3.63, 3.8) is 0 Å². The monoisotopic (exact) mass is 229 g/mol. The molecular formula is C14H19N3. The summed E-state index contributed by atoms with van der Waals surface area (Å²) in [4.78, 5) is 0. The number of nitrogens with zero attached hydrogens (tertiary/aromatic N) is 2. The minimum absolute atomic E-state index is 0.245. The number of aryl methyl sites for hydroxylation is 1. The molecule has 0 saturated heterocycles. The average Bonchev–Trinajstić information content (AvgIpc) is 2.69. The van der Waals surface area contributed by atoms with E-state index in [1.54, 1.807) is 0 Å². The Hall–Kier alpha value is -1.77. The molecule has 2 aromatic rings. The molecule has 0 aliphatic carbocycles. The molecule has 0 fully saturated rings. The van der Waals surface area contributed by atoms with Gasteiger partial charge in [0, 0.05) is 5.56 Å². The lowest BCUT2D eigenvalue weighted by molar-refractivity contribution is 0.490. The second kappa shape index (κ2) is 5.04. The quantitative estimate of drug-likeness (QED) is 0.875. The van der Waals surface area contributed by atoms with Crippen LogP contribution in [-0.2, 0) is 0 Å². The lowest BCUT2D eigenvalue weighted by Crippen LogP contribution is -2.14. The van der Waals surface area contributed by atoms with Crippen LogP contribution in [0, 0.1) is 6.92 Å². The van der Waals surface area contributed by atoms with Gasteiger partial charge in [-0.1, -0.05) is 43.7 Å². The van der Waals surface area contributed by atoms with Crippen molar-refractivity contribution in [1.29, 1.82) is 0 Å². The van der Waals surface area contributed by atoms with E-state index in [0.717, 1.165) is 24.2 Å². The highest BCUT2D eigenvalue weighted by molar-refractivity contribution is 5.39. The standard InChI is InChI=1S/C14H19N3/c1-3-7-13(12-8-5-4-6-9-12)17-14(15)11(2)10-16-17/h4-6,8-10,13H,3,7,15H2,1-2H3. The van der Waals surface area contributed by atoms with Gasteiger partial charge < -0.3 is 5.73 Å². The maximum Gasteiger partial charge on any atom is 0.125 e. The fourth-order valence-corrected chi connectivity index (χ4v) is 2.08. The van der Waals surface area contributed by atoms with Crippen molar-refractivity contribution in [3.8, 4) is 0 Å². The minimum atomic E-state index is 0.245. The predicted octanol–water partition coefficient (Wildman–Crippen LogP) is 3.16. The lowest BCUT2D eigenvalue weighted by Gasteiger charge is -2.19. The van der Waals surface area contributed by atoms with Crippen molar-refractivity contribution in [3.05, 3.63) is 47.7 Å². The summed E-state index contributed by atoms with van der Waals surface area (Å²) >= 11 is 0. The van der Waals surface area contributed by atoms with Gasteiger partial charge in [-0.3, -0.25) is 0 Å². The van der Waals surface area contributed by atoms with Crippen LogP contribution in [0.15, 0.2) is 36.5 Å². The van der Waals surface area contributed by atoms with E-state index in [9.17, 15) is 0 Å². The second-order valence-electron chi connectivity index (χ2n) is 4.37. The van der Waals surface area contributed by atoms with Crippen LogP contribution >= 0.6 is 0 Å². The zero-order valence-corrected chi connectivity index (χ0v) is 10.4. The van der Waals surface area contributed by atoms with Crippen molar-refractivity contribution >= 4 is 5.82 Å². The first-order valence-electron chi connectivity index (χ1n) is 6.08. The molecule has 1 aromatic heterocycles. The largest absolute Gasteiger partial charge is 0.384 e. The highest BCUT2D eigenvalue weighted by Crippen LogP contribution is 2.26. The second-order valence-corrected chi connectivity index (χ2v) is 4.37. The number of nitrogens with two attached hydrogens (primary N) is 1. The Morgan fingerprint density at radius 1 is 1.29 bits per heavy atom. The lowest BCUT2D eigenvalue weighted by atomic mass is 10.0. The number of nitrogen functional groups attached to an aromatic ring is 1. The first kappa shape index (κ1) is 11.7. The molecule has 0 radical (unpaired) electrons. The van der Waals surface area contributed by atoms with Gasteiger partial charge in [0.05, 0.1) is 12.2 Å². The van der Waals surface area contributed by atoms with Crippen LogP contribution in [0.25, 0.3) is 0 Å². The molecule has 0 saturated carbocycles. The van der Waals surface area contributed by atoms with E-state index in [2.05, 4.69) is 36.3 Å². The molecule has 3 heteroatoms. The van der Waals surface area contributed by atoms with E-state index < -0.39 is 0 Å². The third-order valence-corrected chi connectivity index (χ3v) is 3.07. The number of anilines is 1. The van der Waals surface area contributed by atoms with E-state index in [1.807, 2.05) is 23.9 Å². The average molecular weight is 229 g/mol. The first-order chi connectivity index (χ1) is 8.24. The smallest absolute Gasteiger partial charge is 0.125 e. The summed E-state index contributed by atoms with van der Waals surface area (Å²) in [6.45, 7) is 4.18. The van der Waals surface area contributed by atoms with Crippen LogP contribution in [0.3, 0.4) is 0 Å². The molecule has 17 heavy (non-hydrogen) atoms. The molecule has 2 rings (SSSR count). The first-order valence-corrected chi connectivity index (χ1v) is 6.08. The molecule has 1 aromatic carbocycles. The third-order valence-electron chi connectivity index (χ3n) is 3.07. The van der Waals surface area contributed by atoms with E-state index in [1.165, 1.54) is 5.56 Å². The summed E-state index contributed by atoms with van der Waals surface area (Å²) in [7, 11) is 0. The SMILES string of the molecule is CCCC(c1ccccc1)n1ncc(C)c1N. The zero-order valence-electron chi connectivity index (χ0n) is 10.4. The van der Waals surface area contributed by atoms with E-state index in [4.69, 9.17) is 5.73 Å². The van der Waals surface area contributed by atoms with Gasteiger partial charge in [0.15, 0.2) is 0 Å². The van der Waals surface area contributed by atoms with Crippen molar-refractivity contribution < 1.29 is 0 Å². The molecule has 1 unspecified atom stereocenters.